The fraction of sp³-hybridized carbons (Fsp3) is 0.214. The van der Waals surface area contributed by atoms with Crippen LogP contribution in [0.15, 0.2) is 36.5 Å². The first-order valence-electron chi connectivity index (χ1n) is 6.03. The average Bonchev–Trinajstić information content (AvgIpc) is 3.19. The Balaban J connectivity index is 1.75. The van der Waals surface area contributed by atoms with E-state index in [9.17, 15) is 9.59 Å². The van der Waals surface area contributed by atoms with Crippen LogP contribution < -0.4 is 5.32 Å². The highest BCUT2D eigenvalue weighted by molar-refractivity contribution is 5.99. The molecule has 5 heteroatoms. The van der Waals surface area contributed by atoms with Crippen LogP contribution in [-0.4, -0.2) is 22.0 Å². The summed E-state index contributed by atoms with van der Waals surface area (Å²) in [6.07, 6.45) is 2.14. The van der Waals surface area contributed by atoms with E-state index >= 15 is 0 Å². The Morgan fingerprint density at radius 3 is 2.84 bits per heavy atom. The predicted molar refractivity (Wildman–Crippen MR) is 69.6 cm³/mol. The molecule has 3 rings (SSSR count). The van der Waals surface area contributed by atoms with Crippen LogP contribution >= 0.6 is 0 Å². The van der Waals surface area contributed by atoms with Crippen molar-refractivity contribution in [2.75, 3.05) is 5.32 Å². The van der Waals surface area contributed by atoms with Crippen LogP contribution in [0, 0.1) is 11.8 Å². The molecule has 0 radical (unpaired) electrons. The smallest absolute Gasteiger partial charge is 0.307 e. The number of nitrogens with zero attached hydrogens (tertiary/aromatic N) is 1. The lowest BCUT2D eigenvalue weighted by Gasteiger charge is -2.05. The van der Waals surface area contributed by atoms with E-state index in [0.29, 0.717) is 12.1 Å². The average molecular weight is 256 g/mol. The minimum atomic E-state index is -0.900. The second-order valence-corrected chi connectivity index (χ2v) is 4.69. The van der Waals surface area contributed by atoms with Crippen LogP contribution in [-0.2, 0) is 9.59 Å². The van der Waals surface area contributed by atoms with Gasteiger partial charge in [0, 0.05) is 17.3 Å². The molecular weight excluding hydrogens is 244 g/mol. The summed E-state index contributed by atoms with van der Waals surface area (Å²) in [4.78, 5) is 26.7. The standard InChI is InChI=1S/C14H12N2O3/c17-13(10-7-11(10)14(18)19)16-9-3-4-12-8(6-9)2-1-5-15-12/h1-6,10-11H,7H2,(H,16,17)(H,18,19)/t10-,11-/m0/s1. The number of anilines is 1. The number of hydrogen-bond acceptors (Lipinski definition) is 3. The summed E-state index contributed by atoms with van der Waals surface area (Å²) in [5.74, 6) is -2.05. The third-order valence-electron chi connectivity index (χ3n) is 3.31. The van der Waals surface area contributed by atoms with Gasteiger partial charge in [-0.15, -0.1) is 0 Å². The fourth-order valence-electron chi connectivity index (χ4n) is 2.15. The van der Waals surface area contributed by atoms with E-state index < -0.39 is 17.8 Å². The number of pyridine rings is 1. The Morgan fingerprint density at radius 2 is 2.11 bits per heavy atom. The number of rotatable bonds is 3. The molecule has 1 heterocycles. The largest absolute Gasteiger partial charge is 0.481 e. The number of carboxylic acid groups (broad SMARTS) is 1. The number of carbonyl (C=O) groups is 2. The zero-order chi connectivity index (χ0) is 13.4. The van der Waals surface area contributed by atoms with Gasteiger partial charge < -0.3 is 10.4 Å². The number of hydrogen-bond donors (Lipinski definition) is 2. The Kier molecular flexibility index (Phi) is 2.67. The van der Waals surface area contributed by atoms with Gasteiger partial charge >= 0.3 is 5.97 Å². The molecule has 1 saturated carbocycles. The molecule has 1 aromatic carbocycles. The quantitative estimate of drug-likeness (QED) is 0.879. The molecule has 5 nitrogen and oxygen atoms in total. The van der Waals surface area contributed by atoms with E-state index in [1.807, 2.05) is 24.3 Å². The van der Waals surface area contributed by atoms with Gasteiger partial charge in [0.15, 0.2) is 0 Å². The van der Waals surface area contributed by atoms with Crippen molar-refractivity contribution >= 4 is 28.5 Å². The maximum atomic E-state index is 11.8. The summed E-state index contributed by atoms with van der Waals surface area (Å²) >= 11 is 0. The second kappa shape index (κ2) is 4.35. The number of nitrogens with one attached hydrogen (secondary N) is 1. The monoisotopic (exact) mass is 256 g/mol. The van der Waals surface area contributed by atoms with Crippen molar-refractivity contribution in [1.82, 2.24) is 4.98 Å². The Bertz CT molecular complexity index is 669. The van der Waals surface area contributed by atoms with Crippen LogP contribution in [0.2, 0.25) is 0 Å². The molecule has 1 aliphatic rings. The Morgan fingerprint density at radius 1 is 1.26 bits per heavy atom. The molecule has 0 unspecified atom stereocenters. The highest BCUT2D eigenvalue weighted by Gasteiger charge is 2.48. The lowest BCUT2D eigenvalue weighted by Crippen LogP contribution is -2.16. The molecule has 1 fully saturated rings. The predicted octanol–water partition coefficient (Wildman–Crippen LogP) is 1.89. The van der Waals surface area contributed by atoms with Crippen LogP contribution in [0.3, 0.4) is 0 Å². The highest BCUT2D eigenvalue weighted by atomic mass is 16.4. The molecule has 2 aromatic rings. The first-order chi connectivity index (χ1) is 9.15. The molecule has 0 spiro atoms. The molecule has 0 aliphatic heterocycles. The number of amides is 1. The Labute approximate surface area is 109 Å². The summed E-state index contributed by atoms with van der Waals surface area (Å²) < 4.78 is 0. The van der Waals surface area contributed by atoms with E-state index in [2.05, 4.69) is 10.3 Å². The second-order valence-electron chi connectivity index (χ2n) is 4.69. The SMILES string of the molecule is O=C(O)[C@H]1C[C@@H]1C(=O)Nc1ccc2ncccc2c1. The van der Waals surface area contributed by atoms with Crippen molar-refractivity contribution < 1.29 is 14.7 Å². The maximum Gasteiger partial charge on any atom is 0.307 e. The van der Waals surface area contributed by atoms with E-state index in [0.717, 1.165) is 10.9 Å². The van der Waals surface area contributed by atoms with Crippen molar-refractivity contribution in [2.24, 2.45) is 11.8 Å². The van der Waals surface area contributed by atoms with Crippen LogP contribution in [0.25, 0.3) is 10.9 Å². The van der Waals surface area contributed by atoms with Gasteiger partial charge in [-0.25, -0.2) is 0 Å². The van der Waals surface area contributed by atoms with E-state index in [-0.39, 0.29) is 5.91 Å². The van der Waals surface area contributed by atoms with Gasteiger partial charge in [0.1, 0.15) is 0 Å². The molecule has 0 bridgehead atoms. The van der Waals surface area contributed by atoms with Crippen molar-refractivity contribution in [1.29, 1.82) is 0 Å². The first-order valence-corrected chi connectivity index (χ1v) is 6.03. The fourth-order valence-corrected chi connectivity index (χ4v) is 2.15. The van der Waals surface area contributed by atoms with Gasteiger partial charge in [-0.1, -0.05) is 6.07 Å². The van der Waals surface area contributed by atoms with Crippen molar-refractivity contribution in [3.63, 3.8) is 0 Å². The van der Waals surface area contributed by atoms with Crippen molar-refractivity contribution in [2.45, 2.75) is 6.42 Å². The van der Waals surface area contributed by atoms with E-state index in [4.69, 9.17) is 5.11 Å². The maximum absolute atomic E-state index is 11.8. The lowest BCUT2D eigenvalue weighted by molar-refractivity contribution is -0.139. The number of carboxylic acids is 1. The summed E-state index contributed by atoms with van der Waals surface area (Å²) in [5.41, 5.74) is 1.52. The summed E-state index contributed by atoms with van der Waals surface area (Å²) in [6, 6.07) is 9.17. The molecule has 1 aromatic heterocycles. The minimum Gasteiger partial charge on any atom is -0.481 e. The molecule has 1 aliphatic carbocycles. The minimum absolute atomic E-state index is 0.226. The normalized spacial score (nSPS) is 21.1. The van der Waals surface area contributed by atoms with Crippen LogP contribution in [0.4, 0.5) is 5.69 Å². The Hall–Kier alpha value is -2.43. The van der Waals surface area contributed by atoms with Crippen LogP contribution in [0.1, 0.15) is 6.42 Å². The number of aliphatic carboxylic acids is 1. The molecule has 1 amide bonds. The van der Waals surface area contributed by atoms with Gasteiger partial charge in [-0.05, 0) is 30.7 Å². The molecule has 2 N–H and O–H groups in total. The topological polar surface area (TPSA) is 79.3 Å². The summed E-state index contributed by atoms with van der Waals surface area (Å²) in [5, 5.41) is 12.5. The first kappa shape index (κ1) is 11.6. The number of aromatic nitrogens is 1. The van der Waals surface area contributed by atoms with E-state index in [1.165, 1.54) is 0 Å². The molecule has 96 valence electrons. The van der Waals surface area contributed by atoms with Gasteiger partial charge in [-0.3, -0.25) is 14.6 Å². The molecule has 19 heavy (non-hydrogen) atoms. The lowest BCUT2D eigenvalue weighted by atomic mass is 10.2. The van der Waals surface area contributed by atoms with E-state index in [1.54, 1.807) is 12.3 Å². The van der Waals surface area contributed by atoms with Gasteiger partial charge in [0.2, 0.25) is 5.91 Å². The molecule has 2 atom stereocenters. The zero-order valence-corrected chi connectivity index (χ0v) is 10.0. The van der Waals surface area contributed by atoms with Gasteiger partial charge in [0.25, 0.3) is 0 Å². The van der Waals surface area contributed by atoms with Crippen LogP contribution in [0.5, 0.6) is 0 Å². The highest BCUT2D eigenvalue weighted by Crippen LogP contribution is 2.39. The van der Waals surface area contributed by atoms with Gasteiger partial charge in [-0.2, -0.15) is 0 Å². The number of fused-ring (bicyclic) bond motifs is 1. The molecular formula is C14H12N2O3. The van der Waals surface area contributed by atoms with Gasteiger partial charge in [0.05, 0.1) is 17.4 Å². The number of benzene rings is 1. The number of carbonyl (C=O) groups excluding carboxylic acids is 1. The zero-order valence-electron chi connectivity index (χ0n) is 10.0. The third kappa shape index (κ3) is 2.27. The van der Waals surface area contributed by atoms with Crippen molar-refractivity contribution in [3.05, 3.63) is 36.5 Å². The summed E-state index contributed by atoms with van der Waals surface area (Å²) in [6.45, 7) is 0. The summed E-state index contributed by atoms with van der Waals surface area (Å²) in [7, 11) is 0. The van der Waals surface area contributed by atoms with Crippen molar-refractivity contribution in [3.8, 4) is 0 Å². The molecule has 0 saturated heterocycles. The third-order valence-corrected chi connectivity index (χ3v) is 3.31.